The van der Waals surface area contributed by atoms with Crippen LogP contribution in [-0.4, -0.2) is 25.4 Å². The Morgan fingerprint density at radius 1 is 1.14 bits per heavy atom. The quantitative estimate of drug-likeness (QED) is 0.655. The highest BCUT2D eigenvalue weighted by atomic mass is 32.2. The molecule has 150 valence electrons. The minimum Gasteiger partial charge on any atom is -0.479 e. The number of hydrogen-bond donors (Lipinski definition) is 2. The molecule has 1 amide bonds. The summed E-state index contributed by atoms with van der Waals surface area (Å²) in [7, 11) is -3.72. The third-order valence-corrected chi connectivity index (χ3v) is 6.90. The number of rotatable bonds is 4. The number of aryl methyl sites for hydroxylation is 2. The van der Waals surface area contributed by atoms with Crippen molar-refractivity contribution in [3.8, 4) is 17.0 Å². The van der Waals surface area contributed by atoms with Gasteiger partial charge in [-0.1, -0.05) is 17.7 Å². The van der Waals surface area contributed by atoms with Gasteiger partial charge >= 0.3 is 0 Å². The molecular formula is C20H19N3O4S2. The second-order valence-electron chi connectivity index (χ2n) is 6.80. The predicted octanol–water partition coefficient (Wildman–Crippen LogP) is 3.95. The zero-order chi connectivity index (χ0) is 20.8. The van der Waals surface area contributed by atoms with Gasteiger partial charge in [-0.05, 0) is 51.1 Å². The van der Waals surface area contributed by atoms with Crippen LogP contribution >= 0.6 is 11.3 Å². The van der Waals surface area contributed by atoms with E-state index in [1.165, 1.54) is 11.3 Å². The molecule has 0 saturated carbocycles. The largest absolute Gasteiger partial charge is 0.479 e. The molecule has 1 atom stereocenters. The summed E-state index contributed by atoms with van der Waals surface area (Å²) in [5.74, 6) is 0.380. The van der Waals surface area contributed by atoms with Crippen LogP contribution in [-0.2, 0) is 14.8 Å². The molecule has 0 aliphatic carbocycles. The topological polar surface area (TPSA) is 97.4 Å². The number of carbonyl (C=O) groups excluding carboxylic acids is 1. The second-order valence-corrected chi connectivity index (χ2v) is 9.69. The van der Waals surface area contributed by atoms with Gasteiger partial charge in [0.15, 0.2) is 11.2 Å². The summed E-state index contributed by atoms with van der Waals surface area (Å²) in [5.41, 5.74) is 2.96. The maximum absolute atomic E-state index is 12.6. The summed E-state index contributed by atoms with van der Waals surface area (Å²) >= 11 is 1.25. The molecule has 4 rings (SSSR count). The van der Waals surface area contributed by atoms with Crippen LogP contribution in [0.4, 0.5) is 10.8 Å². The van der Waals surface area contributed by atoms with E-state index in [-0.39, 0.29) is 15.9 Å². The Balaban J connectivity index is 1.63. The zero-order valence-corrected chi connectivity index (χ0v) is 17.6. The number of hydrogen-bond acceptors (Lipinski definition) is 6. The van der Waals surface area contributed by atoms with E-state index in [1.54, 1.807) is 43.3 Å². The molecule has 1 unspecified atom stereocenters. The minimum atomic E-state index is -3.72. The number of carbonyl (C=O) groups is 1. The van der Waals surface area contributed by atoms with Crippen LogP contribution in [0.15, 0.2) is 47.4 Å². The van der Waals surface area contributed by atoms with Crippen LogP contribution in [0.3, 0.4) is 0 Å². The van der Waals surface area contributed by atoms with Crippen molar-refractivity contribution in [3.05, 3.63) is 52.9 Å². The molecule has 1 aliphatic rings. The van der Waals surface area contributed by atoms with Crippen LogP contribution in [0.25, 0.3) is 11.3 Å². The smallest absolute Gasteiger partial charge is 0.265 e. The molecule has 29 heavy (non-hydrogen) atoms. The second kappa shape index (κ2) is 7.16. The molecule has 2 aromatic carbocycles. The molecule has 0 fully saturated rings. The monoisotopic (exact) mass is 429 g/mol. The van der Waals surface area contributed by atoms with Gasteiger partial charge in [-0.25, -0.2) is 13.4 Å². The summed E-state index contributed by atoms with van der Waals surface area (Å²) in [6.45, 7) is 5.45. The molecule has 0 saturated heterocycles. The van der Waals surface area contributed by atoms with Gasteiger partial charge in [0.25, 0.3) is 15.9 Å². The van der Waals surface area contributed by atoms with Gasteiger partial charge in [-0.3, -0.25) is 9.52 Å². The molecule has 0 radical (unpaired) electrons. The Morgan fingerprint density at radius 3 is 2.59 bits per heavy atom. The Morgan fingerprint density at radius 2 is 1.86 bits per heavy atom. The Hall–Kier alpha value is -2.91. The molecular weight excluding hydrogens is 410 g/mol. The SMILES string of the molecule is Cc1ccc(S(=O)(=O)Nc2nc(-c3ccc4c(c3)NC(=O)C(C)O4)c(C)s2)cc1. The van der Waals surface area contributed by atoms with Gasteiger partial charge in [0.05, 0.1) is 16.3 Å². The maximum Gasteiger partial charge on any atom is 0.265 e. The normalized spacial score (nSPS) is 16.0. The van der Waals surface area contributed by atoms with Gasteiger partial charge in [0.1, 0.15) is 5.75 Å². The van der Waals surface area contributed by atoms with Crippen molar-refractivity contribution >= 4 is 38.1 Å². The van der Waals surface area contributed by atoms with Crippen molar-refractivity contribution in [2.24, 2.45) is 0 Å². The van der Waals surface area contributed by atoms with Crippen molar-refractivity contribution in [1.82, 2.24) is 4.98 Å². The third-order valence-electron chi connectivity index (χ3n) is 4.53. The van der Waals surface area contributed by atoms with E-state index in [0.717, 1.165) is 16.0 Å². The van der Waals surface area contributed by atoms with Crippen LogP contribution in [0.2, 0.25) is 0 Å². The number of ether oxygens (including phenoxy) is 1. The fourth-order valence-electron chi connectivity index (χ4n) is 2.96. The fraction of sp³-hybridized carbons (Fsp3) is 0.200. The van der Waals surface area contributed by atoms with E-state index < -0.39 is 16.1 Å². The lowest BCUT2D eigenvalue weighted by Gasteiger charge is -2.23. The zero-order valence-electron chi connectivity index (χ0n) is 16.0. The first-order valence-corrected chi connectivity index (χ1v) is 11.2. The number of anilines is 2. The fourth-order valence-corrected chi connectivity index (χ4v) is 5.03. The average molecular weight is 430 g/mol. The summed E-state index contributed by atoms with van der Waals surface area (Å²) in [5, 5.41) is 3.09. The lowest BCUT2D eigenvalue weighted by atomic mass is 10.1. The number of aromatic nitrogens is 1. The van der Waals surface area contributed by atoms with Gasteiger partial charge < -0.3 is 10.1 Å². The summed E-state index contributed by atoms with van der Waals surface area (Å²) < 4.78 is 33.4. The third kappa shape index (κ3) is 3.83. The van der Waals surface area contributed by atoms with E-state index in [9.17, 15) is 13.2 Å². The van der Waals surface area contributed by atoms with Crippen molar-refractivity contribution in [2.45, 2.75) is 31.8 Å². The van der Waals surface area contributed by atoms with Crippen LogP contribution in [0.1, 0.15) is 17.4 Å². The highest BCUT2D eigenvalue weighted by Crippen LogP contribution is 2.37. The summed E-state index contributed by atoms with van der Waals surface area (Å²) in [6, 6.07) is 12.0. The van der Waals surface area contributed by atoms with Crippen molar-refractivity contribution in [1.29, 1.82) is 0 Å². The number of nitrogens with zero attached hydrogens (tertiary/aromatic N) is 1. The number of nitrogens with one attached hydrogen (secondary N) is 2. The standard InChI is InChI=1S/C20H19N3O4S2/c1-11-4-7-15(8-5-11)29(25,26)23-20-22-18(13(3)28-20)14-6-9-17-16(10-14)21-19(24)12(2)27-17/h4-10,12H,1-3H3,(H,21,24)(H,22,23). The highest BCUT2D eigenvalue weighted by molar-refractivity contribution is 7.93. The first-order chi connectivity index (χ1) is 13.7. The van der Waals surface area contributed by atoms with Crippen LogP contribution in [0, 0.1) is 13.8 Å². The molecule has 2 heterocycles. The Bertz CT molecular complexity index is 1200. The first kappa shape index (κ1) is 19.4. The molecule has 1 aliphatic heterocycles. The van der Waals surface area contributed by atoms with E-state index in [1.807, 2.05) is 19.9 Å². The van der Waals surface area contributed by atoms with Gasteiger partial charge in [-0.15, -0.1) is 11.3 Å². The van der Waals surface area contributed by atoms with Crippen LogP contribution < -0.4 is 14.8 Å². The number of amides is 1. The molecule has 2 N–H and O–H groups in total. The molecule has 9 heteroatoms. The van der Waals surface area contributed by atoms with Crippen molar-refractivity contribution in [2.75, 3.05) is 10.0 Å². The van der Waals surface area contributed by atoms with Gasteiger partial charge in [-0.2, -0.15) is 0 Å². The average Bonchev–Trinajstić information content (AvgIpc) is 3.02. The molecule has 1 aromatic heterocycles. The molecule has 0 spiro atoms. The molecule has 0 bridgehead atoms. The number of thiazole rings is 1. The lowest BCUT2D eigenvalue weighted by molar-refractivity contribution is -0.122. The molecule has 7 nitrogen and oxygen atoms in total. The first-order valence-electron chi connectivity index (χ1n) is 8.92. The number of benzene rings is 2. The van der Waals surface area contributed by atoms with E-state index in [2.05, 4.69) is 15.0 Å². The Kier molecular flexibility index (Phi) is 4.79. The van der Waals surface area contributed by atoms with E-state index in [4.69, 9.17) is 4.74 Å². The Labute approximate surface area is 172 Å². The highest BCUT2D eigenvalue weighted by Gasteiger charge is 2.24. The van der Waals surface area contributed by atoms with Gasteiger partial charge in [0.2, 0.25) is 0 Å². The predicted molar refractivity (Wildman–Crippen MR) is 113 cm³/mol. The number of sulfonamides is 1. The van der Waals surface area contributed by atoms with Crippen molar-refractivity contribution in [3.63, 3.8) is 0 Å². The molecule has 3 aromatic rings. The maximum atomic E-state index is 12.6. The van der Waals surface area contributed by atoms with E-state index in [0.29, 0.717) is 17.1 Å². The van der Waals surface area contributed by atoms with Gasteiger partial charge in [0, 0.05) is 10.4 Å². The lowest BCUT2D eigenvalue weighted by Crippen LogP contribution is -2.34. The van der Waals surface area contributed by atoms with Crippen molar-refractivity contribution < 1.29 is 17.9 Å². The number of fused-ring (bicyclic) bond motifs is 1. The summed E-state index contributed by atoms with van der Waals surface area (Å²) in [4.78, 5) is 17.4. The van der Waals surface area contributed by atoms with E-state index >= 15 is 0 Å². The minimum absolute atomic E-state index is 0.181. The summed E-state index contributed by atoms with van der Waals surface area (Å²) in [6.07, 6.45) is -0.544. The van der Waals surface area contributed by atoms with Crippen LogP contribution in [0.5, 0.6) is 5.75 Å².